The van der Waals surface area contributed by atoms with Crippen molar-refractivity contribution in [3.63, 3.8) is 0 Å². The molecule has 0 heterocycles. The maximum atomic E-state index is 14.5. The molecule has 23 heavy (non-hydrogen) atoms. The van der Waals surface area contributed by atoms with Crippen LogP contribution in [0.5, 0.6) is 0 Å². The van der Waals surface area contributed by atoms with E-state index in [1.165, 1.54) is 6.07 Å². The van der Waals surface area contributed by atoms with Crippen LogP contribution >= 0.6 is 0 Å². The molecule has 0 aliphatic heterocycles. The molecule has 3 rings (SSSR count). The summed E-state index contributed by atoms with van der Waals surface area (Å²) < 4.78 is 14.5. The molecule has 0 saturated heterocycles. The first-order valence-electron chi connectivity index (χ1n) is 7.60. The van der Waals surface area contributed by atoms with Crippen molar-refractivity contribution in [3.8, 4) is 11.1 Å². The van der Waals surface area contributed by atoms with Crippen molar-refractivity contribution in [1.82, 2.24) is 0 Å². The van der Waals surface area contributed by atoms with Crippen molar-refractivity contribution in [1.29, 1.82) is 0 Å². The van der Waals surface area contributed by atoms with Crippen LogP contribution in [-0.2, 0) is 0 Å². The second-order valence-electron chi connectivity index (χ2n) is 5.54. The van der Waals surface area contributed by atoms with E-state index in [1.54, 1.807) is 6.07 Å². The number of carbonyl (C=O) groups excluding carboxylic acids is 1. The molecular weight excluding hydrogens is 287 g/mol. The maximum Gasteiger partial charge on any atom is 0.151 e. The van der Waals surface area contributed by atoms with Crippen LogP contribution in [0.4, 0.5) is 4.39 Å². The van der Waals surface area contributed by atoms with Crippen molar-refractivity contribution >= 4 is 6.29 Å². The zero-order valence-electron chi connectivity index (χ0n) is 12.9. The summed E-state index contributed by atoms with van der Waals surface area (Å²) in [7, 11) is 0. The van der Waals surface area contributed by atoms with Crippen molar-refractivity contribution in [2.45, 2.75) is 12.8 Å². The molecule has 0 fully saturated rings. The van der Waals surface area contributed by atoms with E-state index < -0.39 is 0 Å². The van der Waals surface area contributed by atoms with Gasteiger partial charge in [-0.3, -0.25) is 4.79 Å². The van der Waals surface area contributed by atoms with Gasteiger partial charge < -0.3 is 0 Å². The smallest absolute Gasteiger partial charge is 0.151 e. The van der Waals surface area contributed by atoms with Gasteiger partial charge in [0, 0.05) is 17.0 Å². The Morgan fingerprint density at radius 3 is 2.09 bits per heavy atom. The van der Waals surface area contributed by atoms with E-state index in [4.69, 9.17) is 0 Å². The van der Waals surface area contributed by atoms with Crippen molar-refractivity contribution in [2.75, 3.05) is 0 Å². The average molecular weight is 304 g/mol. The molecule has 0 amide bonds. The van der Waals surface area contributed by atoms with Gasteiger partial charge in [-0.2, -0.15) is 0 Å². The molecule has 0 radical (unpaired) electrons. The molecule has 0 aromatic heterocycles. The summed E-state index contributed by atoms with van der Waals surface area (Å²) >= 11 is 0. The Morgan fingerprint density at radius 2 is 1.48 bits per heavy atom. The molecule has 0 bridgehead atoms. The number of benzene rings is 3. The van der Waals surface area contributed by atoms with E-state index in [1.807, 2.05) is 67.6 Å². The predicted molar refractivity (Wildman–Crippen MR) is 91.2 cm³/mol. The summed E-state index contributed by atoms with van der Waals surface area (Å²) in [6, 6.07) is 22.4. The molecule has 114 valence electrons. The number of rotatable bonds is 4. The van der Waals surface area contributed by atoms with Crippen LogP contribution in [0.3, 0.4) is 0 Å². The van der Waals surface area contributed by atoms with Gasteiger partial charge in [-0.05, 0) is 22.8 Å². The standard InChI is InChI=1S/C21H17FO/c1-15(16-8-4-2-5-9-16)21-19(14-23)18(12-13-20(21)22)17-10-6-3-7-11-17/h2-15H,1H3. The third-order valence-electron chi connectivity index (χ3n) is 4.17. The lowest BCUT2D eigenvalue weighted by atomic mass is 9.86. The number of hydrogen-bond donors (Lipinski definition) is 0. The van der Waals surface area contributed by atoms with Crippen LogP contribution in [0.15, 0.2) is 72.8 Å². The highest BCUT2D eigenvalue weighted by Gasteiger charge is 2.20. The van der Waals surface area contributed by atoms with Gasteiger partial charge in [0.15, 0.2) is 6.29 Å². The van der Waals surface area contributed by atoms with Crippen LogP contribution < -0.4 is 0 Å². The summed E-state index contributed by atoms with van der Waals surface area (Å²) in [4.78, 5) is 11.7. The largest absolute Gasteiger partial charge is 0.298 e. The van der Waals surface area contributed by atoms with Gasteiger partial charge in [0.2, 0.25) is 0 Å². The summed E-state index contributed by atoms with van der Waals surface area (Å²) in [6.45, 7) is 1.93. The minimum absolute atomic E-state index is 0.194. The van der Waals surface area contributed by atoms with Gasteiger partial charge in [0.25, 0.3) is 0 Å². The lowest BCUT2D eigenvalue weighted by molar-refractivity contribution is 0.112. The van der Waals surface area contributed by atoms with Crippen molar-refractivity contribution in [3.05, 3.63) is 95.3 Å². The average Bonchev–Trinajstić information content (AvgIpc) is 2.62. The molecular formula is C21H17FO. The number of hydrogen-bond acceptors (Lipinski definition) is 1. The maximum absolute atomic E-state index is 14.5. The Balaban J connectivity index is 2.19. The second-order valence-corrected chi connectivity index (χ2v) is 5.54. The predicted octanol–water partition coefficient (Wildman–Crippen LogP) is 5.46. The Morgan fingerprint density at radius 1 is 0.870 bits per heavy atom. The van der Waals surface area contributed by atoms with E-state index in [2.05, 4.69) is 0 Å². The zero-order chi connectivity index (χ0) is 16.2. The molecule has 1 atom stereocenters. The van der Waals surface area contributed by atoms with Gasteiger partial charge in [0.1, 0.15) is 5.82 Å². The van der Waals surface area contributed by atoms with E-state index in [9.17, 15) is 9.18 Å². The lowest BCUT2D eigenvalue weighted by Crippen LogP contribution is -2.06. The summed E-state index contributed by atoms with van der Waals surface area (Å²) in [6.07, 6.45) is 0.764. The SMILES string of the molecule is CC(c1ccccc1)c1c(F)ccc(-c2ccccc2)c1C=O. The monoisotopic (exact) mass is 304 g/mol. The fraction of sp³-hybridized carbons (Fsp3) is 0.0952. The Labute approximate surface area is 135 Å². The Bertz CT molecular complexity index is 810. The molecule has 1 nitrogen and oxygen atoms in total. The molecule has 3 aromatic rings. The third kappa shape index (κ3) is 2.93. The highest BCUT2D eigenvalue weighted by atomic mass is 19.1. The van der Waals surface area contributed by atoms with Crippen LogP contribution in [0.1, 0.15) is 34.3 Å². The molecule has 2 heteroatoms. The lowest BCUT2D eigenvalue weighted by Gasteiger charge is -2.18. The minimum atomic E-state index is -0.344. The fourth-order valence-electron chi connectivity index (χ4n) is 2.95. The number of aldehydes is 1. The highest BCUT2D eigenvalue weighted by molar-refractivity contribution is 5.90. The van der Waals surface area contributed by atoms with E-state index >= 15 is 0 Å². The van der Waals surface area contributed by atoms with Crippen molar-refractivity contribution < 1.29 is 9.18 Å². The summed E-state index contributed by atoms with van der Waals surface area (Å²) in [5, 5.41) is 0. The topological polar surface area (TPSA) is 17.1 Å². The van der Waals surface area contributed by atoms with Crippen LogP contribution in [-0.4, -0.2) is 6.29 Å². The molecule has 0 N–H and O–H groups in total. The van der Waals surface area contributed by atoms with Crippen LogP contribution in [0, 0.1) is 5.82 Å². The number of halogens is 1. The molecule has 0 aliphatic carbocycles. The summed E-state index contributed by atoms with van der Waals surface area (Å²) in [5.74, 6) is -0.539. The minimum Gasteiger partial charge on any atom is -0.298 e. The van der Waals surface area contributed by atoms with Gasteiger partial charge in [-0.15, -0.1) is 0 Å². The first-order chi connectivity index (χ1) is 11.2. The van der Waals surface area contributed by atoms with Crippen LogP contribution in [0.2, 0.25) is 0 Å². The van der Waals surface area contributed by atoms with Gasteiger partial charge in [-0.1, -0.05) is 73.7 Å². The summed E-state index contributed by atoms with van der Waals surface area (Å²) in [5.41, 5.74) is 3.54. The van der Waals surface area contributed by atoms with Crippen LogP contribution in [0.25, 0.3) is 11.1 Å². The molecule has 0 aliphatic rings. The molecule has 1 unspecified atom stereocenters. The molecule has 3 aromatic carbocycles. The van der Waals surface area contributed by atoms with Gasteiger partial charge in [0.05, 0.1) is 0 Å². The zero-order valence-corrected chi connectivity index (χ0v) is 12.9. The first kappa shape index (κ1) is 15.2. The Hall–Kier alpha value is -2.74. The van der Waals surface area contributed by atoms with E-state index in [-0.39, 0.29) is 11.7 Å². The van der Waals surface area contributed by atoms with E-state index in [0.717, 1.165) is 23.0 Å². The second kappa shape index (κ2) is 6.57. The van der Waals surface area contributed by atoms with Crippen molar-refractivity contribution in [2.24, 2.45) is 0 Å². The Kier molecular flexibility index (Phi) is 4.33. The molecule has 0 saturated carbocycles. The van der Waals surface area contributed by atoms with Gasteiger partial charge >= 0.3 is 0 Å². The first-order valence-corrected chi connectivity index (χ1v) is 7.60. The highest BCUT2D eigenvalue weighted by Crippen LogP contribution is 2.34. The third-order valence-corrected chi connectivity index (χ3v) is 4.17. The molecule has 0 spiro atoms. The van der Waals surface area contributed by atoms with E-state index in [0.29, 0.717) is 11.1 Å². The number of carbonyl (C=O) groups is 1. The normalized spacial score (nSPS) is 11.9. The fourth-order valence-corrected chi connectivity index (χ4v) is 2.95. The quantitative estimate of drug-likeness (QED) is 0.585. The van der Waals surface area contributed by atoms with Gasteiger partial charge in [-0.25, -0.2) is 4.39 Å².